The van der Waals surface area contributed by atoms with Crippen molar-refractivity contribution in [3.05, 3.63) is 54.1 Å². The number of benzene rings is 2. The van der Waals surface area contributed by atoms with Gasteiger partial charge in [0.25, 0.3) is 0 Å². The molecule has 136 valence electrons. The Morgan fingerprint density at radius 3 is 1.84 bits per heavy atom. The SMILES string of the molecule is CCOP(=O)(Cc1ccc(-c2ccc(OC(C)O)cc2)cc1)OCC. The van der Waals surface area contributed by atoms with E-state index < -0.39 is 13.9 Å². The number of ether oxygens (including phenoxy) is 1. The van der Waals surface area contributed by atoms with Gasteiger partial charge in [-0.25, -0.2) is 0 Å². The highest BCUT2D eigenvalue weighted by atomic mass is 31.2. The molecule has 1 unspecified atom stereocenters. The van der Waals surface area contributed by atoms with Crippen LogP contribution in [-0.2, 0) is 19.8 Å². The third kappa shape index (κ3) is 5.98. The second-order valence-electron chi connectivity index (χ2n) is 5.54. The first kappa shape index (κ1) is 19.7. The molecule has 0 fully saturated rings. The van der Waals surface area contributed by atoms with Crippen LogP contribution in [-0.4, -0.2) is 24.6 Å². The Balaban J connectivity index is 2.10. The summed E-state index contributed by atoms with van der Waals surface area (Å²) in [7, 11) is -3.09. The van der Waals surface area contributed by atoms with Gasteiger partial charge in [-0.3, -0.25) is 4.57 Å². The van der Waals surface area contributed by atoms with E-state index in [4.69, 9.17) is 13.8 Å². The van der Waals surface area contributed by atoms with Crippen LogP contribution in [0.3, 0.4) is 0 Å². The van der Waals surface area contributed by atoms with Crippen LogP contribution < -0.4 is 4.74 Å². The van der Waals surface area contributed by atoms with Gasteiger partial charge in [0.2, 0.25) is 0 Å². The molecule has 2 aromatic carbocycles. The smallest absolute Gasteiger partial charge is 0.335 e. The van der Waals surface area contributed by atoms with Gasteiger partial charge in [-0.15, -0.1) is 0 Å². The van der Waals surface area contributed by atoms with Crippen molar-refractivity contribution >= 4 is 7.60 Å². The van der Waals surface area contributed by atoms with Gasteiger partial charge in [-0.1, -0.05) is 36.4 Å². The summed E-state index contributed by atoms with van der Waals surface area (Å²) in [6, 6.07) is 15.3. The number of hydrogen-bond donors (Lipinski definition) is 1. The third-order valence-electron chi connectivity index (χ3n) is 3.48. The van der Waals surface area contributed by atoms with Crippen molar-refractivity contribution in [2.45, 2.75) is 33.2 Å². The summed E-state index contributed by atoms with van der Waals surface area (Å²) in [6.07, 6.45) is -0.577. The van der Waals surface area contributed by atoms with Crippen molar-refractivity contribution in [1.29, 1.82) is 0 Å². The predicted octanol–water partition coefficient (Wildman–Crippen LogP) is 4.84. The van der Waals surface area contributed by atoms with Crippen LogP contribution in [0.25, 0.3) is 11.1 Å². The lowest BCUT2D eigenvalue weighted by Gasteiger charge is -2.17. The molecular weight excluding hydrogens is 339 g/mol. The van der Waals surface area contributed by atoms with Crippen LogP contribution in [0.5, 0.6) is 5.75 Å². The average Bonchev–Trinajstić information content (AvgIpc) is 2.56. The quantitative estimate of drug-likeness (QED) is 0.510. The Bertz CT molecular complexity index is 685. The maximum atomic E-state index is 12.6. The molecule has 2 aromatic rings. The molecule has 0 amide bonds. The average molecular weight is 364 g/mol. The molecule has 0 aliphatic rings. The van der Waals surface area contributed by atoms with Gasteiger partial charge < -0.3 is 18.9 Å². The Morgan fingerprint density at radius 2 is 1.40 bits per heavy atom. The van der Waals surface area contributed by atoms with Gasteiger partial charge in [0.1, 0.15) is 5.75 Å². The van der Waals surface area contributed by atoms with E-state index in [1.165, 1.54) is 0 Å². The van der Waals surface area contributed by atoms with Gasteiger partial charge in [-0.05, 0) is 49.6 Å². The molecule has 0 bridgehead atoms. The van der Waals surface area contributed by atoms with Gasteiger partial charge in [-0.2, -0.15) is 0 Å². The topological polar surface area (TPSA) is 65.0 Å². The van der Waals surface area contributed by atoms with E-state index in [9.17, 15) is 9.67 Å². The van der Waals surface area contributed by atoms with Gasteiger partial charge in [0.05, 0.1) is 19.4 Å². The van der Waals surface area contributed by atoms with E-state index in [-0.39, 0.29) is 6.16 Å². The van der Waals surface area contributed by atoms with Crippen LogP contribution in [0.2, 0.25) is 0 Å². The van der Waals surface area contributed by atoms with Crippen LogP contribution in [0.4, 0.5) is 0 Å². The zero-order valence-corrected chi connectivity index (χ0v) is 15.7. The maximum Gasteiger partial charge on any atom is 0.335 e. The van der Waals surface area contributed by atoms with Gasteiger partial charge in [0, 0.05) is 0 Å². The van der Waals surface area contributed by atoms with E-state index in [1.54, 1.807) is 20.8 Å². The fourth-order valence-electron chi connectivity index (χ4n) is 2.47. The molecule has 5 nitrogen and oxygen atoms in total. The fraction of sp³-hybridized carbons (Fsp3) is 0.368. The highest BCUT2D eigenvalue weighted by Crippen LogP contribution is 2.51. The first-order chi connectivity index (χ1) is 12.0. The second kappa shape index (κ2) is 9.16. The first-order valence-corrected chi connectivity index (χ1v) is 10.1. The molecule has 0 aliphatic carbocycles. The molecule has 0 aliphatic heterocycles. The van der Waals surface area contributed by atoms with Crippen LogP contribution in [0.15, 0.2) is 48.5 Å². The van der Waals surface area contributed by atoms with Crippen molar-refractivity contribution in [3.63, 3.8) is 0 Å². The van der Waals surface area contributed by atoms with E-state index in [0.717, 1.165) is 16.7 Å². The second-order valence-corrected chi connectivity index (χ2v) is 7.60. The van der Waals surface area contributed by atoms with E-state index in [1.807, 2.05) is 48.5 Å². The van der Waals surface area contributed by atoms with E-state index in [0.29, 0.717) is 19.0 Å². The first-order valence-electron chi connectivity index (χ1n) is 8.38. The van der Waals surface area contributed by atoms with Gasteiger partial charge in [0.15, 0.2) is 6.29 Å². The number of aliphatic hydroxyl groups is 1. The molecule has 2 rings (SSSR count). The highest BCUT2D eigenvalue weighted by molar-refractivity contribution is 7.53. The molecule has 0 spiro atoms. The van der Waals surface area contributed by atoms with E-state index in [2.05, 4.69) is 0 Å². The van der Waals surface area contributed by atoms with Crippen molar-refractivity contribution in [1.82, 2.24) is 0 Å². The van der Waals surface area contributed by atoms with Crippen LogP contribution in [0, 0.1) is 0 Å². The van der Waals surface area contributed by atoms with Crippen LogP contribution in [0.1, 0.15) is 26.3 Å². The largest absolute Gasteiger partial charge is 0.465 e. The zero-order chi connectivity index (χ0) is 18.3. The standard InChI is InChI=1S/C19H25O5P/c1-4-22-25(21,23-5-2)14-16-6-8-17(9-7-16)18-10-12-19(13-11-18)24-15(3)20/h6-13,15,20H,4-5,14H2,1-3H3. The third-order valence-corrected chi connectivity index (χ3v) is 5.53. The minimum absolute atomic E-state index is 0.260. The molecule has 0 saturated carbocycles. The van der Waals surface area contributed by atoms with Crippen molar-refractivity contribution in [2.24, 2.45) is 0 Å². The van der Waals surface area contributed by atoms with E-state index >= 15 is 0 Å². The fourth-order valence-corrected chi connectivity index (χ4v) is 4.17. The number of aliphatic hydroxyl groups excluding tert-OH is 1. The molecule has 0 heterocycles. The molecule has 0 saturated heterocycles. The minimum atomic E-state index is -3.09. The van der Waals surface area contributed by atoms with Crippen molar-refractivity contribution in [3.8, 4) is 16.9 Å². The molecule has 6 heteroatoms. The summed E-state index contributed by atoms with van der Waals surface area (Å²) < 4.78 is 28.5. The Kier molecular flexibility index (Phi) is 7.21. The molecule has 1 N–H and O–H groups in total. The monoisotopic (exact) mass is 364 g/mol. The Hall–Kier alpha value is -1.65. The Morgan fingerprint density at radius 1 is 0.920 bits per heavy atom. The van der Waals surface area contributed by atoms with Gasteiger partial charge >= 0.3 is 7.60 Å². The van der Waals surface area contributed by atoms with Crippen molar-refractivity contribution in [2.75, 3.05) is 13.2 Å². The molecule has 1 atom stereocenters. The Labute approximate surface area is 149 Å². The summed E-state index contributed by atoms with van der Waals surface area (Å²) in [6.45, 7) is 5.89. The lowest BCUT2D eigenvalue weighted by Crippen LogP contribution is -2.09. The summed E-state index contributed by atoms with van der Waals surface area (Å²) >= 11 is 0. The maximum absolute atomic E-state index is 12.6. The molecule has 25 heavy (non-hydrogen) atoms. The molecule has 0 radical (unpaired) electrons. The number of hydrogen-bond acceptors (Lipinski definition) is 5. The molecule has 0 aromatic heterocycles. The highest BCUT2D eigenvalue weighted by Gasteiger charge is 2.23. The lowest BCUT2D eigenvalue weighted by molar-refractivity contribution is -0.000285. The minimum Gasteiger partial charge on any atom is -0.465 e. The summed E-state index contributed by atoms with van der Waals surface area (Å²) in [5.74, 6) is 0.615. The summed E-state index contributed by atoms with van der Waals surface area (Å²) in [5, 5.41) is 9.23. The number of rotatable bonds is 9. The predicted molar refractivity (Wildman–Crippen MR) is 98.7 cm³/mol. The summed E-state index contributed by atoms with van der Waals surface area (Å²) in [4.78, 5) is 0. The lowest BCUT2D eigenvalue weighted by atomic mass is 10.0. The zero-order valence-electron chi connectivity index (χ0n) is 14.8. The molecular formula is C19H25O5P. The normalized spacial score (nSPS) is 12.8. The van der Waals surface area contributed by atoms with Crippen LogP contribution >= 0.6 is 7.60 Å². The summed E-state index contributed by atoms with van der Waals surface area (Å²) in [5.41, 5.74) is 2.97. The van der Waals surface area contributed by atoms with Crippen molar-refractivity contribution < 1.29 is 23.5 Å².